The highest BCUT2D eigenvalue weighted by Gasteiger charge is 2.13. The lowest BCUT2D eigenvalue weighted by Gasteiger charge is -2.20. The normalized spacial score (nSPS) is 10.1. The Bertz CT molecular complexity index is 412. The first-order valence-electron chi connectivity index (χ1n) is 6.08. The van der Waals surface area contributed by atoms with Gasteiger partial charge >= 0.3 is 5.97 Å². The first kappa shape index (κ1) is 14.2. The summed E-state index contributed by atoms with van der Waals surface area (Å²) in [6.07, 6.45) is -0.0434. The molecule has 0 heterocycles. The minimum atomic E-state index is -0.935. The van der Waals surface area contributed by atoms with E-state index < -0.39 is 5.97 Å². The molecule has 0 saturated heterocycles. The van der Waals surface area contributed by atoms with E-state index in [2.05, 4.69) is 0 Å². The highest BCUT2D eigenvalue weighted by atomic mass is 16.4. The molecule has 0 aliphatic heterocycles. The molecule has 1 aromatic carbocycles. The van der Waals surface area contributed by atoms with Gasteiger partial charge in [0.05, 0.1) is 6.42 Å². The van der Waals surface area contributed by atoms with Crippen molar-refractivity contribution in [3.63, 3.8) is 0 Å². The molecule has 1 amide bonds. The van der Waals surface area contributed by atoms with Crippen LogP contribution in [0, 0.1) is 6.92 Å². The summed E-state index contributed by atoms with van der Waals surface area (Å²) in [6, 6.07) is 7.99. The monoisotopic (exact) mass is 249 g/mol. The lowest BCUT2D eigenvalue weighted by molar-refractivity contribution is -0.141. The Hall–Kier alpha value is -1.84. The van der Waals surface area contributed by atoms with Gasteiger partial charge in [0.25, 0.3) is 0 Å². The average molecular weight is 249 g/mol. The number of hydrogen-bond donors (Lipinski definition) is 1. The van der Waals surface area contributed by atoms with Gasteiger partial charge in [-0.1, -0.05) is 29.8 Å². The Balaban J connectivity index is 2.58. The molecule has 0 aliphatic rings. The summed E-state index contributed by atoms with van der Waals surface area (Å²) in [5, 5.41) is 8.57. The van der Waals surface area contributed by atoms with Crippen LogP contribution in [0.2, 0.25) is 0 Å². The fraction of sp³-hybridized carbons (Fsp3) is 0.429. The number of rotatable bonds is 6. The van der Waals surface area contributed by atoms with Crippen molar-refractivity contribution in [2.24, 2.45) is 0 Å². The predicted molar refractivity (Wildman–Crippen MR) is 69.1 cm³/mol. The molecule has 1 rings (SSSR count). The number of nitrogens with zero attached hydrogens (tertiary/aromatic N) is 1. The molecule has 0 saturated carbocycles. The Morgan fingerprint density at radius 3 is 2.28 bits per heavy atom. The molecule has 0 bridgehead atoms. The van der Waals surface area contributed by atoms with Crippen LogP contribution < -0.4 is 0 Å². The zero-order valence-corrected chi connectivity index (χ0v) is 10.8. The summed E-state index contributed by atoms with van der Waals surface area (Å²) in [7, 11) is 0. The summed E-state index contributed by atoms with van der Waals surface area (Å²) in [5.41, 5.74) is 2.24. The van der Waals surface area contributed by atoms with Gasteiger partial charge in [-0.15, -0.1) is 0 Å². The highest BCUT2D eigenvalue weighted by Crippen LogP contribution is 2.08. The Kier molecular flexibility index (Phi) is 5.36. The van der Waals surface area contributed by atoms with Crippen LogP contribution in [-0.4, -0.2) is 28.4 Å². The number of amides is 1. The van der Waals surface area contributed by atoms with E-state index in [1.54, 1.807) is 4.90 Å². The zero-order chi connectivity index (χ0) is 13.5. The molecular weight excluding hydrogens is 230 g/mol. The molecule has 0 unspecified atom stereocenters. The van der Waals surface area contributed by atoms with Crippen molar-refractivity contribution in [1.29, 1.82) is 0 Å². The SMILES string of the molecule is CCN(Cc1ccc(C)cc1)C(=O)CCC(=O)O. The lowest BCUT2D eigenvalue weighted by Crippen LogP contribution is -2.30. The predicted octanol–water partition coefficient (Wildman–Crippen LogP) is 2.21. The van der Waals surface area contributed by atoms with E-state index in [4.69, 9.17) is 5.11 Å². The van der Waals surface area contributed by atoms with Gasteiger partial charge in [0.2, 0.25) is 5.91 Å². The first-order valence-corrected chi connectivity index (χ1v) is 6.08. The highest BCUT2D eigenvalue weighted by molar-refractivity contribution is 5.80. The van der Waals surface area contributed by atoms with Crippen molar-refractivity contribution in [2.45, 2.75) is 33.2 Å². The van der Waals surface area contributed by atoms with Crippen LogP contribution in [0.15, 0.2) is 24.3 Å². The van der Waals surface area contributed by atoms with E-state index in [9.17, 15) is 9.59 Å². The van der Waals surface area contributed by atoms with Crippen LogP contribution in [0.3, 0.4) is 0 Å². The standard InChI is InChI=1S/C14H19NO3/c1-3-15(13(16)8-9-14(17)18)10-12-6-4-11(2)5-7-12/h4-7H,3,8-10H2,1-2H3,(H,17,18). The number of benzene rings is 1. The Labute approximate surface area is 107 Å². The minimum absolute atomic E-state index is 0.0645. The van der Waals surface area contributed by atoms with E-state index >= 15 is 0 Å². The molecule has 0 radical (unpaired) electrons. The maximum absolute atomic E-state index is 11.8. The maximum Gasteiger partial charge on any atom is 0.303 e. The summed E-state index contributed by atoms with van der Waals surface area (Å²) >= 11 is 0. The third-order valence-corrected chi connectivity index (χ3v) is 2.78. The number of carbonyl (C=O) groups is 2. The molecule has 4 nitrogen and oxygen atoms in total. The molecule has 0 atom stereocenters. The molecule has 1 aromatic rings. The van der Waals surface area contributed by atoms with Gasteiger partial charge in [-0.2, -0.15) is 0 Å². The van der Waals surface area contributed by atoms with Gasteiger partial charge in [0.15, 0.2) is 0 Å². The second-order valence-electron chi connectivity index (χ2n) is 4.29. The van der Waals surface area contributed by atoms with Crippen molar-refractivity contribution in [3.05, 3.63) is 35.4 Å². The fourth-order valence-corrected chi connectivity index (χ4v) is 1.66. The summed E-state index contributed by atoms with van der Waals surface area (Å²) in [4.78, 5) is 23.9. The lowest BCUT2D eigenvalue weighted by atomic mass is 10.1. The third kappa shape index (κ3) is 4.57. The third-order valence-electron chi connectivity index (χ3n) is 2.78. The summed E-state index contributed by atoms with van der Waals surface area (Å²) in [5.74, 6) is -1.05. The molecular formula is C14H19NO3. The number of aryl methyl sites for hydroxylation is 1. The van der Waals surface area contributed by atoms with Crippen LogP contribution >= 0.6 is 0 Å². The second kappa shape index (κ2) is 6.79. The van der Waals surface area contributed by atoms with Crippen molar-refractivity contribution in [3.8, 4) is 0 Å². The average Bonchev–Trinajstić information content (AvgIpc) is 2.35. The van der Waals surface area contributed by atoms with E-state index in [1.165, 1.54) is 5.56 Å². The van der Waals surface area contributed by atoms with Gasteiger partial charge in [0.1, 0.15) is 0 Å². The van der Waals surface area contributed by atoms with Crippen LogP contribution in [0.5, 0.6) is 0 Å². The van der Waals surface area contributed by atoms with Crippen LogP contribution in [0.25, 0.3) is 0 Å². The molecule has 4 heteroatoms. The van der Waals surface area contributed by atoms with E-state index in [0.717, 1.165) is 5.56 Å². The number of carbonyl (C=O) groups excluding carboxylic acids is 1. The smallest absolute Gasteiger partial charge is 0.303 e. The molecule has 0 fully saturated rings. The molecule has 1 N–H and O–H groups in total. The van der Waals surface area contributed by atoms with E-state index in [0.29, 0.717) is 13.1 Å². The van der Waals surface area contributed by atoms with Crippen molar-refractivity contribution in [2.75, 3.05) is 6.54 Å². The number of hydrogen-bond acceptors (Lipinski definition) is 2. The zero-order valence-electron chi connectivity index (χ0n) is 10.8. The number of carboxylic acids is 1. The number of carboxylic acid groups (broad SMARTS) is 1. The quantitative estimate of drug-likeness (QED) is 0.841. The van der Waals surface area contributed by atoms with Crippen molar-refractivity contribution in [1.82, 2.24) is 4.90 Å². The van der Waals surface area contributed by atoms with Crippen LogP contribution in [0.1, 0.15) is 30.9 Å². The molecule has 0 aromatic heterocycles. The summed E-state index contributed by atoms with van der Waals surface area (Å²) < 4.78 is 0. The molecule has 0 spiro atoms. The van der Waals surface area contributed by atoms with Gasteiger partial charge < -0.3 is 10.0 Å². The Morgan fingerprint density at radius 1 is 1.17 bits per heavy atom. The van der Waals surface area contributed by atoms with Gasteiger partial charge in [0, 0.05) is 19.5 Å². The molecule has 0 aliphatic carbocycles. The van der Waals surface area contributed by atoms with Gasteiger partial charge in [-0.3, -0.25) is 9.59 Å². The number of aliphatic carboxylic acids is 1. The van der Waals surface area contributed by atoms with Crippen molar-refractivity contribution >= 4 is 11.9 Å². The minimum Gasteiger partial charge on any atom is -0.481 e. The first-order chi connectivity index (χ1) is 8.52. The van der Waals surface area contributed by atoms with Crippen molar-refractivity contribution < 1.29 is 14.7 Å². The molecule has 18 heavy (non-hydrogen) atoms. The van der Waals surface area contributed by atoms with E-state index in [-0.39, 0.29) is 18.7 Å². The largest absolute Gasteiger partial charge is 0.481 e. The fourth-order valence-electron chi connectivity index (χ4n) is 1.66. The van der Waals surface area contributed by atoms with Crippen LogP contribution in [-0.2, 0) is 16.1 Å². The summed E-state index contributed by atoms with van der Waals surface area (Å²) in [6.45, 7) is 5.04. The van der Waals surface area contributed by atoms with Crippen LogP contribution in [0.4, 0.5) is 0 Å². The van der Waals surface area contributed by atoms with Gasteiger partial charge in [-0.25, -0.2) is 0 Å². The van der Waals surface area contributed by atoms with E-state index in [1.807, 2.05) is 38.1 Å². The van der Waals surface area contributed by atoms with Gasteiger partial charge in [-0.05, 0) is 19.4 Å². The molecule has 98 valence electrons. The maximum atomic E-state index is 11.8. The Morgan fingerprint density at radius 2 is 1.78 bits per heavy atom. The topological polar surface area (TPSA) is 57.6 Å². The second-order valence-corrected chi connectivity index (χ2v) is 4.29.